The molecule has 0 saturated carbocycles. The molecule has 0 aliphatic heterocycles. The zero-order valence-corrected chi connectivity index (χ0v) is 11.8. The number of halogens is 3. The molecule has 0 atom stereocenters. The second-order valence-corrected chi connectivity index (χ2v) is 5.23. The van der Waals surface area contributed by atoms with Gasteiger partial charge in [0.25, 0.3) is 0 Å². The van der Waals surface area contributed by atoms with Crippen LogP contribution in [0.3, 0.4) is 0 Å². The van der Waals surface area contributed by atoms with Gasteiger partial charge in [-0.2, -0.15) is 0 Å². The van der Waals surface area contributed by atoms with Crippen molar-refractivity contribution in [3.63, 3.8) is 0 Å². The van der Waals surface area contributed by atoms with Crippen molar-refractivity contribution in [2.75, 3.05) is 0 Å². The summed E-state index contributed by atoms with van der Waals surface area (Å²) in [7, 11) is 0. The molecule has 0 heterocycles. The molecule has 0 aliphatic carbocycles. The maximum Gasteiger partial charge on any atom is 0.197 e. The Kier molecular flexibility index (Phi) is 3.83. The first-order chi connectivity index (χ1) is 8.49. The average molecular weight is 328 g/mol. The van der Waals surface area contributed by atoms with E-state index in [2.05, 4.69) is 15.9 Å². The first-order valence-corrected chi connectivity index (χ1v) is 6.42. The van der Waals surface area contributed by atoms with Gasteiger partial charge in [0.05, 0.1) is 5.56 Å². The summed E-state index contributed by atoms with van der Waals surface area (Å²) in [5.41, 5.74) is 1.47. The van der Waals surface area contributed by atoms with Crippen molar-refractivity contribution in [2.45, 2.75) is 6.92 Å². The molecule has 18 heavy (non-hydrogen) atoms. The number of carbonyl (C=O) groups excluding carboxylic acids is 1. The first-order valence-electron chi connectivity index (χ1n) is 5.25. The normalized spacial score (nSPS) is 10.4. The largest absolute Gasteiger partial charge is 0.288 e. The van der Waals surface area contributed by atoms with E-state index >= 15 is 0 Å². The Morgan fingerprint density at radius 2 is 1.83 bits per heavy atom. The Bertz CT molecular complexity index is 572. The maximum absolute atomic E-state index is 13.7. The summed E-state index contributed by atoms with van der Waals surface area (Å²) < 4.78 is 14.3. The van der Waals surface area contributed by atoms with Crippen molar-refractivity contribution in [3.8, 4) is 0 Å². The van der Waals surface area contributed by atoms with Gasteiger partial charge in [-0.1, -0.05) is 33.6 Å². The molecule has 1 nitrogen and oxygen atoms in total. The lowest BCUT2D eigenvalue weighted by atomic mass is 10.0. The molecule has 0 aliphatic rings. The molecular formula is C14H9BrClFO. The number of hydrogen-bond donors (Lipinski definition) is 0. The Balaban J connectivity index is 2.48. The van der Waals surface area contributed by atoms with Gasteiger partial charge >= 0.3 is 0 Å². The van der Waals surface area contributed by atoms with E-state index < -0.39 is 5.82 Å². The third kappa shape index (κ3) is 2.62. The number of benzene rings is 2. The van der Waals surface area contributed by atoms with Crippen LogP contribution in [0.1, 0.15) is 21.5 Å². The number of carbonyl (C=O) groups is 1. The van der Waals surface area contributed by atoms with E-state index in [1.54, 1.807) is 6.07 Å². The second kappa shape index (κ2) is 5.21. The Morgan fingerprint density at radius 3 is 2.44 bits per heavy atom. The molecule has 2 aromatic rings. The standard InChI is InChI=1S/C14H9BrClFO/c1-8-2-4-10(12(15)6-8)14(18)11-5-3-9(16)7-13(11)17/h2-7H,1H3. The van der Waals surface area contributed by atoms with E-state index in [1.807, 2.05) is 19.1 Å². The molecule has 0 bridgehead atoms. The molecule has 0 aromatic heterocycles. The van der Waals surface area contributed by atoms with Crippen LogP contribution in [0.2, 0.25) is 5.02 Å². The van der Waals surface area contributed by atoms with Crippen LogP contribution in [-0.4, -0.2) is 5.78 Å². The molecule has 0 fully saturated rings. The minimum absolute atomic E-state index is 0.0175. The summed E-state index contributed by atoms with van der Waals surface area (Å²) in [6.45, 7) is 1.92. The van der Waals surface area contributed by atoms with E-state index in [-0.39, 0.29) is 16.4 Å². The van der Waals surface area contributed by atoms with Gasteiger partial charge in [-0.15, -0.1) is 0 Å². The Hall–Kier alpha value is -1.19. The Labute approximate surface area is 118 Å². The van der Waals surface area contributed by atoms with Gasteiger partial charge in [0.1, 0.15) is 5.82 Å². The van der Waals surface area contributed by atoms with Gasteiger partial charge in [-0.3, -0.25) is 4.79 Å². The lowest BCUT2D eigenvalue weighted by Gasteiger charge is -2.06. The van der Waals surface area contributed by atoms with E-state index in [9.17, 15) is 9.18 Å². The van der Waals surface area contributed by atoms with Gasteiger partial charge in [0.15, 0.2) is 5.78 Å². The number of rotatable bonds is 2. The molecule has 0 saturated heterocycles. The third-order valence-corrected chi connectivity index (χ3v) is 3.44. The minimum Gasteiger partial charge on any atom is -0.288 e. The van der Waals surface area contributed by atoms with E-state index in [0.29, 0.717) is 10.0 Å². The minimum atomic E-state index is -0.611. The predicted octanol–water partition coefficient (Wildman–Crippen LogP) is 4.78. The quantitative estimate of drug-likeness (QED) is 0.725. The summed E-state index contributed by atoms with van der Waals surface area (Å²) in [5.74, 6) is -0.976. The fourth-order valence-electron chi connectivity index (χ4n) is 1.62. The molecule has 0 unspecified atom stereocenters. The monoisotopic (exact) mass is 326 g/mol. The zero-order chi connectivity index (χ0) is 13.3. The van der Waals surface area contributed by atoms with Gasteiger partial charge in [0, 0.05) is 15.1 Å². The highest BCUT2D eigenvalue weighted by Gasteiger charge is 2.16. The molecule has 4 heteroatoms. The Morgan fingerprint density at radius 1 is 1.17 bits per heavy atom. The summed E-state index contributed by atoms with van der Waals surface area (Å²) >= 11 is 8.97. The lowest BCUT2D eigenvalue weighted by molar-refractivity contribution is 0.103. The van der Waals surface area contributed by atoms with Gasteiger partial charge in [0.2, 0.25) is 0 Å². The van der Waals surface area contributed by atoms with Crippen molar-refractivity contribution in [1.82, 2.24) is 0 Å². The molecule has 2 aromatic carbocycles. The SMILES string of the molecule is Cc1ccc(C(=O)c2ccc(Cl)cc2F)c(Br)c1. The number of hydrogen-bond acceptors (Lipinski definition) is 1. The maximum atomic E-state index is 13.7. The highest BCUT2D eigenvalue weighted by atomic mass is 79.9. The summed E-state index contributed by atoms with van der Waals surface area (Å²) in [5, 5.41) is 0.270. The van der Waals surface area contributed by atoms with Crippen LogP contribution in [0.25, 0.3) is 0 Å². The van der Waals surface area contributed by atoms with Gasteiger partial charge in [-0.05, 0) is 42.8 Å². The van der Waals surface area contributed by atoms with Crippen LogP contribution in [0, 0.1) is 12.7 Å². The lowest BCUT2D eigenvalue weighted by Crippen LogP contribution is -2.05. The van der Waals surface area contributed by atoms with Crippen molar-refractivity contribution >= 4 is 33.3 Å². The van der Waals surface area contributed by atoms with Crippen molar-refractivity contribution in [3.05, 3.63) is 68.4 Å². The van der Waals surface area contributed by atoms with Crippen LogP contribution in [0.4, 0.5) is 4.39 Å². The van der Waals surface area contributed by atoms with Gasteiger partial charge in [-0.25, -0.2) is 4.39 Å². The van der Waals surface area contributed by atoms with E-state index in [0.717, 1.165) is 11.6 Å². The second-order valence-electron chi connectivity index (χ2n) is 3.94. The molecule has 0 spiro atoms. The highest BCUT2D eigenvalue weighted by molar-refractivity contribution is 9.10. The zero-order valence-electron chi connectivity index (χ0n) is 9.51. The number of aryl methyl sites for hydroxylation is 1. The van der Waals surface area contributed by atoms with Gasteiger partial charge < -0.3 is 0 Å². The topological polar surface area (TPSA) is 17.1 Å². The van der Waals surface area contributed by atoms with Crippen LogP contribution in [-0.2, 0) is 0 Å². The fourth-order valence-corrected chi connectivity index (χ4v) is 2.46. The predicted molar refractivity (Wildman–Crippen MR) is 73.7 cm³/mol. The van der Waals surface area contributed by atoms with Crippen LogP contribution >= 0.6 is 27.5 Å². The van der Waals surface area contributed by atoms with E-state index in [4.69, 9.17) is 11.6 Å². The van der Waals surface area contributed by atoms with Crippen LogP contribution in [0.15, 0.2) is 40.9 Å². The molecule has 2 rings (SSSR count). The number of ketones is 1. The summed E-state index contributed by atoms with van der Waals surface area (Å²) in [4.78, 5) is 12.2. The molecule has 0 radical (unpaired) electrons. The molecule has 0 amide bonds. The molecule has 92 valence electrons. The third-order valence-electron chi connectivity index (χ3n) is 2.54. The molecule has 0 N–H and O–H groups in total. The first kappa shape index (κ1) is 13.2. The van der Waals surface area contributed by atoms with Crippen molar-refractivity contribution in [1.29, 1.82) is 0 Å². The van der Waals surface area contributed by atoms with Crippen molar-refractivity contribution in [2.24, 2.45) is 0 Å². The summed E-state index contributed by atoms with van der Waals surface area (Å²) in [6.07, 6.45) is 0. The smallest absolute Gasteiger partial charge is 0.197 e. The van der Waals surface area contributed by atoms with Crippen molar-refractivity contribution < 1.29 is 9.18 Å². The van der Waals surface area contributed by atoms with Crippen LogP contribution in [0.5, 0.6) is 0 Å². The molecular weight excluding hydrogens is 319 g/mol. The highest BCUT2D eigenvalue weighted by Crippen LogP contribution is 2.24. The fraction of sp³-hybridized carbons (Fsp3) is 0.0714. The summed E-state index contributed by atoms with van der Waals surface area (Å²) in [6, 6.07) is 9.34. The van der Waals surface area contributed by atoms with Crippen LogP contribution < -0.4 is 0 Å². The average Bonchev–Trinajstić information content (AvgIpc) is 2.28. The van der Waals surface area contributed by atoms with E-state index in [1.165, 1.54) is 12.1 Å².